The molecule has 0 amide bonds. The quantitative estimate of drug-likeness (QED) is 0.842. The van der Waals surface area contributed by atoms with E-state index in [1.54, 1.807) is 0 Å². The third kappa shape index (κ3) is 3.07. The molecule has 0 radical (unpaired) electrons. The van der Waals surface area contributed by atoms with Gasteiger partial charge < -0.3 is 9.84 Å². The van der Waals surface area contributed by atoms with Crippen molar-refractivity contribution in [2.75, 3.05) is 6.61 Å². The van der Waals surface area contributed by atoms with E-state index in [1.165, 1.54) is 30.4 Å². The molecule has 0 aromatic heterocycles. The molecular formula is C18H26O2. The highest BCUT2D eigenvalue weighted by molar-refractivity contribution is 5.33. The van der Waals surface area contributed by atoms with Crippen molar-refractivity contribution < 1.29 is 9.84 Å². The molecule has 2 nitrogen and oxygen atoms in total. The summed E-state index contributed by atoms with van der Waals surface area (Å²) >= 11 is 0. The Morgan fingerprint density at radius 3 is 2.95 bits per heavy atom. The van der Waals surface area contributed by atoms with Gasteiger partial charge in [-0.2, -0.15) is 0 Å². The Balaban J connectivity index is 1.66. The molecule has 2 unspecified atom stereocenters. The SMILES string of the molecule is OC1(CCCC2CCCO2)CCCCc2ccccc21. The van der Waals surface area contributed by atoms with Crippen LogP contribution in [0.3, 0.4) is 0 Å². The van der Waals surface area contributed by atoms with Crippen LogP contribution in [-0.4, -0.2) is 17.8 Å². The Labute approximate surface area is 122 Å². The fourth-order valence-electron chi connectivity index (χ4n) is 3.81. The van der Waals surface area contributed by atoms with E-state index in [9.17, 15) is 5.11 Å². The van der Waals surface area contributed by atoms with Gasteiger partial charge in [-0.3, -0.25) is 0 Å². The number of hydrogen-bond acceptors (Lipinski definition) is 2. The molecule has 1 fully saturated rings. The van der Waals surface area contributed by atoms with Crippen molar-refractivity contribution in [3.05, 3.63) is 35.4 Å². The molecule has 1 heterocycles. The zero-order chi connectivity index (χ0) is 13.8. The number of hydrogen-bond donors (Lipinski definition) is 1. The van der Waals surface area contributed by atoms with Crippen LogP contribution in [0, 0.1) is 0 Å². The highest BCUT2D eigenvalue weighted by atomic mass is 16.5. The van der Waals surface area contributed by atoms with Gasteiger partial charge in [0.05, 0.1) is 11.7 Å². The number of aryl methyl sites for hydroxylation is 1. The second-order valence-electron chi connectivity index (χ2n) is 6.42. The fraction of sp³-hybridized carbons (Fsp3) is 0.667. The number of fused-ring (bicyclic) bond motifs is 1. The van der Waals surface area contributed by atoms with E-state index in [0.717, 1.165) is 45.1 Å². The maximum Gasteiger partial charge on any atom is 0.0899 e. The van der Waals surface area contributed by atoms with Gasteiger partial charge in [-0.1, -0.05) is 24.3 Å². The van der Waals surface area contributed by atoms with E-state index < -0.39 is 5.60 Å². The number of benzene rings is 1. The smallest absolute Gasteiger partial charge is 0.0899 e. The average molecular weight is 274 g/mol. The van der Waals surface area contributed by atoms with Crippen molar-refractivity contribution in [3.63, 3.8) is 0 Å². The van der Waals surface area contributed by atoms with Crippen molar-refractivity contribution in [1.82, 2.24) is 0 Å². The second-order valence-corrected chi connectivity index (χ2v) is 6.42. The third-order valence-corrected chi connectivity index (χ3v) is 4.95. The van der Waals surface area contributed by atoms with Crippen molar-refractivity contribution in [2.24, 2.45) is 0 Å². The molecule has 1 aliphatic carbocycles. The first kappa shape index (κ1) is 14.1. The summed E-state index contributed by atoms with van der Waals surface area (Å²) in [6.45, 7) is 0.928. The Morgan fingerprint density at radius 1 is 1.20 bits per heavy atom. The highest BCUT2D eigenvalue weighted by Crippen LogP contribution is 2.38. The number of rotatable bonds is 4. The van der Waals surface area contributed by atoms with Gasteiger partial charge in [-0.05, 0) is 68.9 Å². The van der Waals surface area contributed by atoms with E-state index in [4.69, 9.17) is 4.74 Å². The maximum absolute atomic E-state index is 11.1. The lowest BCUT2D eigenvalue weighted by molar-refractivity contribution is 0.0106. The lowest BCUT2D eigenvalue weighted by Crippen LogP contribution is -2.26. The van der Waals surface area contributed by atoms with Gasteiger partial charge in [0.2, 0.25) is 0 Å². The summed E-state index contributed by atoms with van der Waals surface area (Å²) in [4.78, 5) is 0. The Kier molecular flexibility index (Phi) is 4.42. The summed E-state index contributed by atoms with van der Waals surface area (Å²) in [5, 5.41) is 11.1. The lowest BCUT2D eigenvalue weighted by atomic mass is 9.83. The lowest BCUT2D eigenvalue weighted by Gasteiger charge is -2.29. The van der Waals surface area contributed by atoms with Gasteiger partial charge in [0.25, 0.3) is 0 Å². The molecule has 2 atom stereocenters. The van der Waals surface area contributed by atoms with E-state index in [1.807, 2.05) is 0 Å². The van der Waals surface area contributed by atoms with E-state index in [-0.39, 0.29) is 0 Å². The fourth-order valence-corrected chi connectivity index (χ4v) is 3.81. The minimum atomic E-state index is -0.605. The van der Waals surface area contributed by atoms with Crippen LogP contribution in [-0.2, 0) is 16.8 Å². The first-order valence-electron chi connectivity index (χ1n) is 8.20. The van der Waals surface area contributed by atoms with Crippen LogP contribution in [0.2, 0.25) is 0 Å². The van der Waals surface area contributed by atoms with Gasteiger partial charge >= 0.3 is 0 Å². The van der Waals surface area contributed by atoms with E-state index >= 15 is 0 Å². The molecule has 1 aromatic carbocycles. The molecule has 0 saturated carbocycles. The summed E-state index contributed by atoms with van der Waals surface area (Å²) in [5.74, 6) is 0. The Bertz CT molecular complexity index is 437. The van der Waals surface area contributed by atoms with Crippen LogP contribution in [0.5, 0.6) is 0 Å². The summed E-state index contributed by atoms with van der Waals surface area (Å²) in [6.07, 6.45) is 10.3. The summed E-state index contributed by atoms with van der Waals surface area (Å²) < 4.78 is 5.69. The summed E-state index contributed by atoms with van der Waals surface area (Å²) in [5.41, 5.74) is 1.93. The molecule has 0 bridgehead atoms. The van der Waals surface area contributed by atoms with Crippen LogP contribution in [0.25, 0.3) is 0 Å². The maximum atomic E-state index is 11.1. The first-order valence-corrected chi connectivity index (χ1v) is 8.20. The topological polar surface area (TPSA) is 29.5 Å². The Morgan fingerprint density at radius 2 is 2.10 bits per heavy atom. The van der Waals surface area contributed by atoms with Crippen molar-refractivity contribution >= 4 is 0 Å². The zero-order valence-electron chi connectivity index (χ0n) is 12.3. The zero-order valence-corrected chi connectivity index (χ0v) is 12.3. The van der Waals surface area contributed by atoms with E-state index in [0.29, 0.717) is 6.10 Å². The highest BCUT2D eigenvalue weighted by Gasteiger charge is 2.32. The Hall–Kier alpha value is -0.860. The van der Waals surface area contributed by atoms with Gasteiger partial charge in [0.1, 0.15) is 0 Å². The third-order valence-electron chi connectivity index (χ3n) is 4.95. The molecule has 1 aromatic rings. The van der Waals surface area contributed by atoms with Gasteiger partial charge in [0, 0.05) is 6.61 Å². The minimum absolute atomic E-state index is 0.444. The monoisotopic (exact) mass is 274 g/mol. The van der Waals surface area contributed by atoms with Crippen molar-refractivity contribution in [3.8, 4) is 0 Å². The van der Waals surface area contributed by atoms with Crippen molar-refractivity contribution in [2.45, 2.75) is 69.5 Å². The van der Waals surface area contributed by atoms with Crippen molar-refractivity contribution in [1.29, 1.82) is 0 Å². The van der Waals surface area contributed by atoms with Crippen LogP contribution in [0.4, 0.5) is 0 Å². The molecular weight excluding hydrogens is 248 g/mol. The molecule has 1 saturated heterocycles. The molecule has 0 spiro atoms. The van der Waals surface area contributed by atoms with Gasteiger partial charge in [-0.15, -0.1) is 0 Å². The molecule has 20 heavy (non-hydrogen) atoms. The van der Waals surface area contributed by atoms with Gasteiger partial charge in [0.15, 0.2) is 0 Å². The normalized spacial score (nSPS) is 29.9. The van der Waals surface area contributed by atoms with Crippen LogP contribution in [0.1, 0.15) is 62.5 Å². The summed E-state index contributed by atoms with van der Waals surface area (Å²) in [6, 6.07) is 8.48. The first-order chi connectivity index (χ1) is 9.78. The molecule has 110 valence electrons. The number of aliphatic hydroxyl groups is 1. The molecule has 2 heteroatoms. The predicted octanol–water partition coefficient (Wildman–Crippen LogP) is 3.95. The standard InChI is InChI=1S/C18H26O2/c19-18(13-5-9-16-10-6-14-20-16)12-4-3-8-15-7-1-2-11-17(15)18/h1-2,7,11,16,19H,3-6,8-10,12-14H2. The molecule has 1 N–H and O–H groups in total. The van der Waals surface area contributed by atoms with E-state index in [2.05, 4.69) is 24.3 Å². The molecule has 1 aliphatic heterocycles. The minimum Gasteiger partial charge on any atom is -0.385 e. The largest absolute Gasteiger partial charge is 0.385 e. The summed E-state index contributed by atoms with van der Waals surface area (Å²) in [7, 11) is 0. The predicted molar refractivity (Wildman–Crippen MR) is 80.7 cm³/mol. The van der Waals surface area contributed by atoms with Gasteiger partial charge in [-0.25, -0.2) is 0 Å². The van der Waals surface area contributed by atoms with Crippen LogP contribution < -0.4 is 0 Å². The van der Waals surface area contributed by atoms with Crippen LogP contribution >= 0.6 is 0 Å². The molecule has 2 aliphatic rings. The second kappa shape index (κ2) is 6.28. The molecule has 3 rings (SSSR count). The number of ether oxygens (including phenoxy) is 1. The van der Waals surface area contributed by atoms with Crippen LogP contribution in [0.15, 0.2) is 24.3 Å². The average Bonchev–Trinajstić information content (AvgIpc) is 2.91.